The number of hydrogen-bond acceptors (Lipinski definition) is 6. The van der Waals surface area contributed by atoms with E-state index in [1.807, 2.05) is 0 Å². The van der Waals surface area contributed by atoms with Gasteiger partial charge >= 0.3 is 18.1 Å². The Hall–Kier alpha value is -3.11. The van der Waals surface area contributed by atoms with E-state index in [0.29, 0.717) is 21.3 Å². The van der Waals surface area contributed by atoms with Crippen molar-refractivity contribution in [2.24, 2.45) is 0 Å². The Bertz CT molecular complexity index is 826. The number of rotatable bonds is 9. The van der Waals surface area contributed by atoms with Gasteiger partial charge in [-0.1, -0.05) is 12.1 Å². The second-order valence-electron chi connectivity index (χ2n) is 7.11. The zero-order valence-electron chi connectivity index (χ0n) is 17.1. The Kier molecular flexibility index (Phi) is 8.01. The molecule has 31 heavy (non-hydrogen) atoms. The molecule has 1 saturated heterocycles. The van der Waals surface area contributed by atoms with Crippen molar-refractivity contribution in [1.29, 1.82) is 0 Å². The number of ether oxygens (including phenoxy) is 1. The fourth-order valence-electron chi connectivity index (χ4n) is 2.85. The van der Waals surface area contributed by atoms with E-state index in [1.165, 1.54) is 6.92 Å². The van der Waals surface area contributed by atoms with E-state index >= 15 is 0 Å². The van der Waals surface area contributed by atoms with E-state index in [4.69, 9.17) is 9.57 Å². The summed E-state index contributed by atoms with van der Waals surface area (Å²) in [7, 11) is 1.10. The van der Waals surface area contributed by atoms with Crippen molar-refractivity contribution in [3.8, 4) is 5.75 Å². The standard InChI is InChI=1S/C20H23F3N2O6/c1-13(24(2)19(29)20(21,22)23)11-14-5-3-6-15(12-14)30-10-4-7-18(28)31-25-16(26)8-9-17(25)27/h3,5-6,12-13H,4,7-11H2,1-2H3/t13-/m0/s1. The van der Waals surface area contributed by atoms with Gasteiger partial charge in [0.05, 0.1) is 13.0 Å². The Morgan fingerprint density at radius 3 is 2.45 bits per heavy atom. The third kappa shape index (κ3) is 6.97. The smallest absolute Gasteiger partial charge is 0.471 e. The lowest BCUT2D eigenvalue weighted by Gasteiger charge is -2.26. The van der Waals surface area contributed by atoms with E-state index in [1.54, 1.807) is 24.3 Å². The van der Waals surface area contributed by atoms with Crippen LogP contribution in [0.1, 0.15) is 38.2 Å². The molecule has 1 aromatic rings. The molecule has 3 amide bonds. The minimum absolute atomic E-state index is 0.0182. The van der Waals surface area contributed by atoms with Crippen LogP contribution >= 0.6 is 0 Å². The first-order valence-electron chi connectivity index (χ1n) is 9.61. The molecule has 11 heteroatoms. The Morgan fingerprint density at radius 1 is 1.19 bits per heavy atom. The fraction of sp³-hybridized carbons (Fsp3) is 0.500. The monoisotopic (exact) mass is 444 g/mol. The molecule has 2 rings (SSSR count). The SMILES string of the molecule is C[C@@H](Cc1cccc(OCCCC(=O)ON2C(=O)CCC2=O)c1)N(C)C(=O)C(F)(F)F. The van der Waals surface area contributed by atoms with Crippen LogP contribution in [0, 0.1) is 0 Å². The number of amides is 3. The van der Waals surface area contributed by atoms with Gasteiger partial charge in [-0.2, -0.15) is 13.2 Å². The van der Waals surface area contributed by atoms with Crippen molar-refractivity contribution in [2.75, 3.05) is 13.7 Å². The first-order chi connectivity index (χ1) is 14.5. The molecular weight excluding hydrogens is 421 g/mol. The zero-order valence-corrected chi connectivity index (χ0v) is 17.1. The summed E-state index contributed by atoms with van der Waals surface area (Å²) in [4.78, 5) is 51.3. The van der Waals surface area contributed by atoms with Crippen molar-refractivity contribution < 1.29 is 41.9 Å². The summed E-state index contributed by atoms with van der Waals surface area (Å²) in [6.45, 7) is 1.65. The zero-order chi connectivity index (χ0) is 23.2. The number of alkyl halides is 3. The van der Waals surface area contributed by atoms with Crippen molar-refractivity contribution in [3.63, 3.8) is 0 Å². The number of nitrogens with zero attached hydrogens (tertiary/aromatic N) is 2. The van der Waals surface area contributed by atoms with Crippen LogP contribution in [0.2, 0.25) is 0 Å². The van der Waals surface area contributed by atoms with Crippen LogP contribution in [-0.2, 0) is 30.4 Å². The van der Waals surface area contributed by atoms with Crippen molar-refractivity contribution in [3.05, 3.63) is 29.8 Å². The van der Waals surface area contributed by atoms with Gasteiger partial charge in [-0.3, -0.25) is 14.4 Å². The number of likely N-dealkylation sites (N-methyl/N-ethyl adjacent to an activating group) is 1. The van der Waals surface area contributed by atoms with Crippen molar-refractivity contribution >= 4 is 23.7 Å². The minimum Gasteiger partial charge on any atom is -0.494 e. The van der Waals surface area contributed by atoms with E-state index in [9.17, 15) is 32.3 Å². The number of hydroxylamine groups is 2. The van der Waals surface area contributed by atoms with Gasteiger partial charge < -0.3 is 14.5 Å². The van der Waals surface area contributed by atoms with Crippen LogP contribution in [0.25, 0.3) is 0 Å². The molecule has 1 aromatic carbocycles. The predicted octanol–water partition coefficient (Wildman–Crippen LogP) is 2.40. The molecule has 0 N–H and O–H groups in total. The van der Waals surface area contributed by atoms with Crippen LogP contribution in [0.5, 0.6) is 5.75 Å². The highest BCUT2D eigenvalue weighted by atomic mass is 19.4. The number of carbonyl (C=O) groups excluding carboxylic acids is 4. The number of carbonyl (C=O) groups is 4. The van der Waals surface area contributed by atoms with E-state index < -0.39 is 35.9 Å². The van der Waals surface area contributed by atoms with Crippen molar-refractivity contribution in [1.82, 2.24) is 9.96 Å². The summed E-state index contributed by atoms with van der Waals surface area (Å²) in [5.41, 5.74) is 0.678. The highest BCUT2D eigenvalue weighted by Crippen LogP contribution is 2.21. The van der Waals surface area contributed by atoms with E-state index in [0.717, 1.165) is 7.05 Å². The molecule has 0 aliphatic carbocycles. The maximum absolute atomic E-state index is 12.6. The van der Waals surface area contributed by atoms with Gasteiger partial charge in [-0.15, -0.1) is 5.06 Å². The van der Waals surface area contributed by atoms with Crippen LogP contribution in [0.4, 0.5) is 13.2 Å². The number of hydrogen-bond donors (Lipinski definition) is 0. The Balaban J connectivity index is 1.78. The maximum Gasteiger partial charge on any atom is 0.471 e. The first-order valence-corrected chi connectivity index (χ1v) is 9.61. The number of imide groups is 1. The fourth-order valence-corrected chi connectivity index (χ4v) is 2.85. The minimum atomic E-state index is -4.93. The summed E-state index contributed by atoms with van der Waals surface area (Å²) in [6, 6.07) is 5.98. The van der Waals surface area contributed by atoms with Gasteiger partial charge in [0, 0.05) is 25.9 Å². The molecule has 1 aliphatic heterocycles. The third-order valence-electron chi connectivity index (χ3n) is 4.65. The molecule has 0 aromatic heterocycles. The Morgan fingerprint density at radius 2 is 1.84 bits per heavy atom. The predicted molar refractivity (Wildman–Crippen MR) is 100 cm³/mol. The molecule has 0 bridgehead atoms. The lowest BCUT2D eigenvalue weighted by atomic mass is 10.1. The van der Waals surface area contributed by atoms with Gasteiger partial charge in [-0.05, 0) is 37.5 Å². The van der Waals surface area contributed by atoms with Crippen molar-refractivity contribution in [2.45, 2.75) is 51.2 Å². The Labute approximate surface area is 176 Å². The third-order valence-corrected chi connectivity index (χ3v) is 4.65. The van der Waals surface area contributed by atoms with Gasteiger partial charge in [-0.25, -0.2) is 4.79 Å². The van der Waals surface area contributed by atoms with Crippen LogP contribution < -0.4 is 4.74 Å². The van der Waals surface area contributed by atoms with E-state index in [2.05, 4.69) is 0 Å². The molecule has 1 fully saturated rings. The van der Waals surface area contributed by atoms with Gasteiger partial charge in [0.1, 0.15) is 5.75 Å². The molecule has 0 radical (unpaired) electrons. The van der Waals surface area contributed by atoms with Gasteiger partial charge in [0.2, 0.25) is 0 Å². The highest BCUT2D eigenvalue weighted by Gasteiger charge is 2.42. The number of halogens is 3. The first kappa shape index (κ1) is 24.2. The molecule has 0 spiro atoms. The summed E-state index contributed by atoms with van der Waals surface area (Å²) in [5.74, 6) is -3.29. The molecule has 0 unspecified atom stereocenters. The second-order valence-corrected chi connectivity index (χ2v) is 7.11. The lowest BCUT2D eigenvalue weighted by Crippen LogP contribution is -2.44. The quantitative estimate of drug-likeness (QED) is 0.429. The molecule has 1 atom stereocenters. The summed E-state index contributed by atoms with van der Waals surface area (Å²) >= 11 is 0. The molecule has 0 saturated carbocycles. The summed E-state index contributed by atoms with van der Waals surface area (Å²) in [5, 5.41) is 0.481. The van der Waals surface area contributed by atoms with Crippen LogP contribution in [0.15, 0.2) is 24.3 Å². The average Bonchev–Trinajstić information content (AvgIpc) is 3.01. The molecular formula is C20H23F3N2O6. The summed E-state index contributed by atoms with van der Waals surface area (Å²) < 4.78 is 43.2. The van der Waals surface area contributed by atoms with E-state index in [-0.39, 0.29) is 38.7 Å². The van der Waals surface area contributed by atoms with Gasteiger partial charge in [0.25, 0.3) is 11.8 Å². The lowest BCUT2D eigenvalue weighted by molar-refractivity contribution is -0.197. The molecule has 8 nitrogen and oxygen atoms in total. The second kappa shape index (κ2) is 10.3. The summed E-state index contributed by atoms with van der Waals surface area (Å²) in [6.07, 6.45) is -4.50. The molecule has 170 valence electrons. The maximum atomic E-state index is 12.6. The molecule has 1 heterocycles. The topological polar surface area (TPSA) is 93.2 Å². The normalized spacial score (nSPS) is 15.1. The van der Waals surface area contributed by atoms with Gasteiger partial charge in [0.15, 0.2) is 0 Å². The average molecular weight is 444 g/mol. The highest BCUT2D eigenvalue weighted by molar-refractivity contribution is 6.01. The van der Waals surface area contributed by atoms with Crippen LogP contribution in [0.3, 0.4) is 0 Å². The van der Waals surface area contributed by atoms with Crippen LogP contribution in [-0.4, -0.2) is 59.5 Å². The number of benzene rings is 1. The largest absolute Gasteiger partial charge is 0.494 e. The molecule has 1 aliphatic rings.